The monoisotopic (exact) mass is 263 g/mol. The number of halogens is 3. The lowest BCUT2D eigenvalue weighted by molar-refractivity contribution is 0.291. The maximum Gasteiger partial charge on any atom is 0.139 e. The lowest BCUT2D eigenvalue weighted by Gasteiger charge is -2.22. The SMILES string of the molecule is CC(C)(C)NCC(F)c1cccc(Cl)c1Cl. The minimum Gasteiger partial charge on any atom is -0.309 e. The zero-order valence-electron chi connectivity index (χ0n) is 9.65. The van der Waals surface area contributed by atoms with Crippen molar-refractivity contribution in [1.82, 2.24) is 5.32 Å². The van der Waals surface area contributed by atoms with E-state index in [1.54, 1.807) is 18.2 Å². The largest absolute Gasteiger partial charge is 0.309 e. The third-order valence-corrected chi connectivity index (χ3v) is 2.96. The Hall–Kier alpha value is -0.310. The van der Waals surface area contributed by atoms with Crippen LogP contribution >= 0.6 is 23.2 Å². The molecule has 0 saturated heterocycles. The Kier molecular flexibility index (Phi) is 4.60. The van der Waals surface area contributed by atoms with Crippen molar-refractivity contribution in [3.8, 4) is 0 Å². The molecule has 0 heterocycles. The van der Waals surface area contributed by atoms with Crippen molar-refractivity contribution in [2.45, 2.75) is 32.5 Å². The van der Waals surface area contributed by atoms with Crippen LogP contribution in [0.2, 0.25) is 10.0 Å². The average molecular weight is 264 g/mol. The van der Waals surface area contributed by atoms with E-state index >= 15 is 0 Å². The van der Waals surface area contributed by atoms with Crippen molar-refractivity contribution in [1.29, 1.82) is 0 Å². The van der Waals surface area contributed by atoms with Gasteiger partial charge in [-0.25, -0.2) is 4.39 Å². The lowest BCUT2D eigenvalue weighted by atomic mass is 10.1. The molecule has 1 unspecified atom stereocenters. The Bertz CT molecular complexity index is 361. The molecule has 0 aliphatic heterocycles. The van der Waals surface area contributed by atoms with Gasteiger partial charge < -0.3 is 5.32 Å². The normalized spacial score (nSPS) is 13.9. The quantitative estimate of drug-likeness (QED) is 0.853. The van der Waals surface area contributed by atoms with Gasteiger partial charge >= 0.3 is 0 Å². The lowest BCUT2D eigenvalue weighted by Crippen LogP contribution is -2.37. The highest BCUT2D eigenvalue weighted by Gasteiger charge is 2.18. The first-order valence-corrected chi connectivity index (χ1v) is 5.90. The smallest absolute Gasteiger partial charge is 0.139 e. The van der Waals surface area contributed by atoms with Crippen LogP contribution in [0.15, 0.2) is 18.2 Å². The van der Waals surface area contributed by atoms with E-state index in [9.17, 15) is 4.39 Å². The first kappa shape index (κ1) is 13.8. The predicted octanol–water partition coefficient (Wildman–Crippen LogP) is 4.39. The summed E-state index contributed by atoms with van der Waals surface area (Å²) in [7, 11) is 0. The molecule has 0 spiro atoms. The van der Waals surface area contributed by atoms with Gasteiger partial charge in [-0.15, -0.1) is 0 Å². The van der Waals surface area contributed by atoms with E-state index in [2.05, 4.69) is 5.32 Å². The Labute approximate surface area is 106 Å². The predicted molar refractivity (Wildman–Crippen MR) is 68.1 cm³/mol. The highest BCUT2D eigenvalue weighted by atomic mass is 35.5. The number of nitrogens with one attached hydrogen (secondary N) is 1. The second kappa shape index (κ2) is 5.35. The summed E-state index contributed by atoms with van der Waals surface area (Å²) in [6, 6.07) is 5.01. The van der Waals surface area contributed by atoms with Crippen LogP contribution in [-0.2, 0) is 0 Å². The summed E-state index contributed by atoms with van der Waals surface area (Å²) in [5, 5.41) is 3.78. The highest BCUT2D eigenvalue weighted by molar-refractivity contribution is 6.42. The molecule has 4 heteroatoms. The molecule has 1 atom stereocenters. The summed E-state index contributed by atoms with van der Waals surface area (Å²) in [5.74, 6) is 0. The minimum absolute atomic E-state index is 0.116. The third-order valence-electron chi connectivity index (χ3n) is 2.13. The fraction of sp³-hybridized carbons (Fsp3) is 0.500. The fourth-order valence-corrected chi connectivity index (χ4v) is 1.69. The summed E-state index contributed by atoms with van der Waals surface area (Å²) in [5.41, 5.74) is 0.320. The number of benzene rings is 1. The maximum absolute atomic E-state index is 13.9. The van der Waals surface area contributed by atoms with Gasteiger partial charge in [-0.2, -0.15) is 0 Å². The number of alkyl halides is 1. The van der Waals surface area contributed by atoms with Crippen molar-refractivity contribution in [3.63, 3.8) is 0 Å². The van der Waals surface area contributed by atoms with Gasteiger partial charge in [0, 0.05) is 17.6 Å². The van der Waals surface area contributed by atoms with Gasteiger partial charge in [-0.05, 0) is 26.8 Å². The average Bonchev–Trinajstić information content (AvgIpc) is 2.17. The van der Waals surface area contributed by atoms with Crippen LogP contribution in [0.3, 0.4) is 0 Å². The topological polar surface area (TPSA) is 12.0 Å². The van der Waals surface area contributed by atoms with Crippen LogP contribution in [-0.4, -0.2) is 12.1 Å². The van der Waals surface area contributed by atoms with Crippen molar-refractivity contribution >= 4 is 23.2 Å². The van der Waals surface area contributed by atoms with E-state index in [1.165, 1.54) is 0 Å². The highest BCUT2D eigenvalue weighted by Crippen LogP contribution is 2.31. The Morgan fingerprint density at radius 2 is 1.94 bits per heavy atom. The molecule has 0 aliphatic rings. The Balaban J connectivity index is 2.73. The van der Waals surface area contributed by atoms with Gasteiger partial charge in [-0.1, -0.05) is 35.3 Å². The second-order valence-corrected chi connectivity index (χ2v) is 5.53. The number of rotatable bonds is 3. The summed E-state index contributed by atoms with van der Waals surface area (Å²) in [6.07, 6.45) is -1.15. The van der Waals surface area contributed by atoms with Gasteiger partial charge in [0.05, 0.1) is 10.0 Å². The summed E-state index contributed by atoms with van der Waals surface area (Å²) in [4.78, 5) is 0. The van der Waals surface area contributed by atoms with Crippen molar-refractivity contribution < 1.29 is 4.39 Å². The van der Waals surface area contributed by atoms with Gasteiger partial charge in [0.2, 0.25) is 0 Å². The fourth-order valence-electron chi connectivity index (χ4n) is 1.27. The van der Waals surface area contributed by atoms with Crippen LogP contribution in [0.4, 0.5) is 4.39 Å². The molecule has 16 heavy (non-hydrogen) atoms. The molecule has 1 aromatic rings. The summed E-state index contributed by atoms with van der Waals surface area (Å²) >= 11 is 11.8. The molecule has 0 bridgehead atoms. The summed E-state index contributed by atoms with van der Waals surface area (Å²) in [6.45, 7) is 6.18. The number of hydrogen-bond acceptors (Lipinski definition) is 1. The van der Waals surface area contributed by atoms with Crippen LogP contribution in [0.1, 0.15) is 32.5 Å². The number of hydrogen-bond donors (Lipinski definition) is 1. The first-order chi connectivity index (χ1) is 7.31. The van der Waals surface area contributed by atoms with Crippen LogP contribution in [0, 0.1) is 0 Å². The molecule has 0 saturated carbocycles. The van der Waals surface area contributed by atoms with Gasteiger partial charge in [0.15, 0.2) is 0 Å². The van der Waals surface area contributed by atoms with Crippen LogP contribution < -0.4 is 5.32 Å². The first-order valence-electron chi connectivity index (χ1n) is 5.14. The van der Waals surface area contributed by atoms with E-state index in [1.807, 2.05) is 20.8 Å². The molecule has 0 aromatic heterocycles. The summed E-state index contributed by atoms with van der Waals surface area (Å²) < 4.78 is 13.9. The van der Waals surface area contributed by atoms with Crippen molar-refractivity contribution in [3.05, 3.63) is 33.8 Å². The molecular weight excluding hydrogens is 248 g/mol. The zero-order chi connectivity index (χ0) is 12.3. The van der Waals surface area contributed by atoms with Crippen molar-refractivity contribution in [2.75, 3.05) is 6.54 Å². The molecule has 1 nitrogen and oxygen atoms in total. The van der Waals surface area contributed by atoms with E-state index in [0.717, 1.165) is 0 Å². The van der Waals surface area contributed by atoms with Crippen LogP contribution in [0.25, 0.3) is 0 Å². The molecule has 0 fully saturated rings. The molecular formula is C12H16Cl2FN. The van der Waals surface area contributed by atoms with E-state index < -0.39 is 6.17 Å². The molecule has 1 N–H and O–H groups in total. The zero-order valence-corrected chi connectivity index (χ0v) is 11.2. The molecule has 1 rings (SSSR count). The van der Waals surface area contributed by atoms with Gasteiger partial charge in [0.25, 0.3) is 0 Å². The maximum atomic E-state index is 13.9. The minimum atomic E-state index is -1.15. The van der Waals surface area contributed by atoms with E-state index in [-0.39, 0.29) is 12.1 Å². The molecule has 90 valence electrons. The molecule has 0 amide bonds. The van der Waals surface area contributed by atoms with E-state index in [4.69, 9.17) is 23.2 Å². The Morgan fingerprint density at radius 3 is 2.50 bits per heavy atom. The molecule has 1 aromatic carbocycles. The second-order valence-electron chi connectivity index (χ2n) is 4.74. The van der Waals surface area contributed by atoms with Gasteiger partial charge in [0.1, 0.15) is 6.17 Å². The van der Waals surface area contributed by atoms with Crippen molar-refractivity contribution in [2.24, 2.45) is 0 Å². The van der Waals surface area contributed by atoms with E-state index in [0.29, 0.717) is 15.6 Å². The standard InChI is InChI=1S/C12H16Cl2FN/c1-12(2,3)16-7-10(15)8-5-4-6-9(13)11(8)14/h4-6,10,16H,7H2,1-3H3. The molecule has 0 aliphatic carbocycles. The molecule has 0 radical (unpaired) electrons. The van der Waals surface area contributed by atoms with Crippen LogP contribution in [0.5, 0.6) is 0 Å². The Morgan fingerprint density at radius 1 is 1.31 bits per heavy atom. The third kappa shape index (κ3) is 3.93. The van der Waals surface area contributed by atoms with Gasteiger partial charge in [-0.3, -0.25) is 0 Å².